The summed E-state index contributed by atoms with van der Waals surface area (Å²) in [7, 11) is 0. The van der Waals surface area contributed by atoms with Crippen molar-refractivity contribution >= 4 is 34.6 Å². The number of esters is 1. The van der Waals surface area contributed by atoms with Crippen LogP contribution >= 0.6 is 11.6 Å². The van der Waals surface area contributed by atoms with Gasteiger partial charge in [-0.25, -0.2) is 0 Å². The van der Waals surface area contributed by atoms with Crippen LogP contribution in [0.2, 0.25) is 5.02 Å². The number of halogens is 1. The van der Waals surface area contributed by atoms with E-state index in [9.17, 15) is 4.79 Å². The summed E-state index contributed by atoms with van der Waals surface area (Å²) in [6.07, 6.45) is 1.10. The van der Waals surface area contributed by atoms with Crippen LogP contribution in [0.5, 0.6) is 0 Å². The molecule has 0 heterocycles. The summed E-state index contributed by atoms with van der Waals surface area (Å²) in [6.45, 7) is 2.18. The Kier molecular flexibility index (Phi) is 5.67. The monoisotopic (exact) mass is 318 g/mol. The fourth-order valence-electron chi connectivity index (χ4n) is 1.96. The average Bonchev–Trinajstić information content (AvgIpc) is 2.52. The predicted octanol–water partition coefficient (Wildman–Crippen LogP) is 4.16. The van der Waals surface area contributed by atoms with E-state index in [1.165, 1.54) is 0 Å². The van der Waals surface area contributed by atoms with Crippen molar-refractivity contribution in [2.75, 3.05) is 17.7 Å². The van der Waals surface area contributed by atoms with Gasteiger partial charge in [0.25, 0.3) is 0 Å². The van der Waals surface area contributed by atoms with Crippen LogP contribution in [0.3, 0.4) is 0 Å². The summed E-state index contributed by atoms with van der Waals surface area (Å²) >= 11 is 6.13. The van der Waals surface area contributed by atoms with Crippen molar-refractivity contribution in [3.05, 3.63) is 53.1 Å². The minimum absolute atomic E-state index is 0.174. The number of hydrogen-bond acceptors (Lipinski definition) is 4. The van der Waals surface area contributed by atoms with Crippen molar-refractivity contribution in [3.63, 3.8) is 0 Å². The number of hydrogen-bond donors (Lipinski definition) is 2. The van der Waals surface area contributed by atoms with Crippen LogP contribution in [0.25, 0.3) is 0 Å². The normalized spacial score (nSPS) is 10.3. The van der Waals surface area contributed by atoms with Gasteiger partial charge < -0.3 is 15.8 Å². The average molecular weight is 319 g/mol. The van der Waals surface area contributed by atoms with Gasteiger partial charge in [0.2, 0.25) is 0 Å². The van der Waals surface area contributed by atoms with Gasteiger partial charge in [-0.2, -0.15) is 0 Å². The van der Waals surface area contributed by atoms with Gasteiger partial charge in [0.1, 0.15) is 0 Å². The number of rotatable bonds is 6. The van der Waals surface area contributed by atoms with E-state index < -0.39 is 0 Å². The Morgan fingerprint density at radius 3 is 2.59 bits per heavy atom. The molecule has 0 aromatic heterocycles. The molecule has 3 N–H and O–H groups in total. The van der Waals surface area contributed by atoms with Gasteiger partial charge in [-0.3, -0.25) is 4.79 Å². The second kappa shape index (κ2) is 7.71. The summed E-state index contributed by atoms with van der Waals surface area (Å²) in [5.74, 6) is -0.174. The molecule has 0 spiro atoms. The summed E-state index contributed by atoms with van der Waals surface area (Å²) in [6, 6.07) is 13.2. The molecular weight excluding hydrogens is 300 g/mol. The third-order valence-electron chi connectivity index (χ3n) is 3.21. The molecule has 2 aromatic rings. The Balaban J connectivity index is 1.96. The highest BCUT2D eigenvalue weighted by Gasteiger charge is 2.05. The lowest BCUT2D eigenvalue weighted by Crippen LogP contribution is -2.06. The summed E-state index contributed by atoms with van der Waals surface area (Å²) < 4.78 is 5.06. The highest BCUT2D eigenvalue weighted by atomic mass is 35.5. The Bertz CT molecular complexity index is 621. The number of anilines is 3. The maximum Gasteiger partial charge on any atom is 0.305 e. The van der Waals surface area contributed by atoms with Crippen LogP contribution in [0.1, 0.15) is 18.9 Å². The number of carbonyl (C=O) groups excluding carboxylic acids is 1. The molecule has 0 saturated carbocycles. The second-order valence-corrected chi connectivity index (χ2v) is 5.26. The maximum atomic E-state index is 11.1. The number of nitrogens with two attached hydrogens (primary N) is 1. The number of benzene rings is 2. The zero-order valence-electron chi connectivity index (χ0n) is 12.4. The molecule has 0 unspecified atom stereocenters. The number of para-hydroxylation sites is 1. The van der Waals surface area contributed by atoms with Gasteiger partial charge >= 0.3 is 5.97 Å². The maximum absolute atomic E-state index is 11.1. The molecule has 0 aliphatic rings. The molecule has 2 aromatic carbocycles. The lowest BCUT2D eigenvalue weighted by Gasteiger charge is -2.11. The first-order chi connectivity index (χ1) is 10.6. The minimum atomic E-state index is -0.174. The molecule has 0 atom stereocenters. The first kappa shape index (κ1) is 16.2. The summed E-state index contributed by atoms with van der Waals surface area (Å²) in [4.78, 5) is 11.1. The van der Waals surface area contributed by atoms with E-state index in [-0.39, 0.29) is 5.97 Å². The number of ether oxygens (including phenoxy) is 1. The topological polar surface area (TPSA) is 64.3 Å². The zero-order chi connectivity index (χ0) is 15.9. The van der Waals surface area contributed by atoms with Gasteiger partial charge in [-0.1, -0.05) is 36.7 Å². The Labute approximate surface area is 135 Å². The van der Waals surface area contributed by atoms with Gasteiger partial charge in [0, 0.05) is 18.5 Å². The highest BCUT2D eigenvalue weighted by molar-refractivity contribution is 6.34. The fraction of sp³-hybridized carbons (Fsp3) is 0.235. The Hall–Kier alpha value is -2.20. The molecule has 4 nitrogen and oxygen atoms in total. The molecule has 0 aliphatic carbocycles. The Morgan fingerprint density at radius 1 is 1.23 bits per heavy atom. The molecule has 2 rings (SSSR count). The van der Waals surface area contributed by atoms with Crippen LogP contribution in [-0.4, -0.2) is 12.6 Å². The van der Waals surface area contributed by atoms with Crippen molar-refractivity contribution in [3.8, 4) is 0 Å². The SMILES string of the molecule is CCC(=O)OCCc1ccc(Nc2c(N)cccc2Cl)cc1. The molecular formula is C17H19ClN2O2. The van der Waals surface area contributed by atoms with Gasteiger partial charge in [-0.05, 0) is 29.8 Å². The fourth-order valence-corrected chi connectivity index (χ4v) is 2.19. The molecule has 116 valence electrons. The van der Waals surface area contributed by atoms with Crippen LogP contribution in [-0.2, 0) is 16.0 Å². The lowest BCUT2D eigenvalue weighted by molar-refractivity contribution is -0.143. The van der Waals surface area contributed by atoms with E-state index in [4.69, 9.17) is 22.1 Å². The van der Waals surface area contributed by atoms with E-state index in [2.05, 4.69) is 5.32 Å². The van der Waals surface area contributed by atoms with Crippen LogP contribution in [0, 0.1) is 0 Å². The van der Waals surface area contributed by atoms with Gasteiger partial charge in [0.05, 0.1) is 23.0 Å². The highest BCUT2D eigenvalue weighted by Crippen LogP contribution is 2.30. The molecule has 22 heavy (non-hydrogen) atoms. The first-order valence-corrected chi connectivity index (χ1v) is 7.53. The second-order valence-electron chi connectivity index (χ2n) is 4.85. The molecule has 0 saturated heterocycles. The molecule has 0 amide bonds. The van der Waals surface area contributed by atoms with Gasteiger partial charge in [-0.15, -0.1) is 0 Å². The number of nitrogen functional groups attached to an aromatic ring is 1. The largest absolute Gasteiger partial charge is 0.465 e. The standard InChI is InChI=1S/C17H19ClN2O2/c1-2-16(21)22-11-10-12-6-8-13(9-7-12)20-17-14(18)4-3-5-15(17)19/h3-9,20H,2,10-11,19H2,1H3. The number of nitrogens with one attached hydrogen (secondary N) is 1. The van der Waals surface area contributed by atoms with E-state index in [1.54, 1.807) is 19.1 Å². The smallest absolute Gasteiger partial charge is 0.305 e. The minimum Gasteiger partial charge on any atom is -0.465 e. The Morgan fingerprint density at radius 2 is 1.95 bits per heavy atom. The van der Waals surface area contributed by atoms with E-state index in [0.29, 0.717) is 35.8 Å². The lowest BCUT2D eigenvalue weighted by atomic mass is 10.1. The van der Waals surface area contributed by atoms with Crippen LogP contribution in [0.15, 0.2) is 42.5 Å². The van der Waals surface area contributed by atoms with Crippen LogP contribution in [0.4, 0.5) is 17.1 Å². The van der Waals surface area contributed by atoms with Crippen molar-refractivity contribution in [2.24, 2.45) is 0 Å². The van der Waals surface area contributed by atoms with Crippen LogP contribution < -0.4 is 11.1 Å². The zero-order valence-corrected chi connectivity index (χ0v) is 13.2. The summed E-state index contributed by atoms with van der Waals surface area (Å²) in [5, 5.41) is 3.79. The van der Waals surface area contributed by atoms with Crippen molar-refractivity contribution in [2.45, 2.75) is 19.8 Å². The molecule has 0 bridgehead atoms. The molecule has 0 radical (unpaired) electrons. The van der Waals surface area contributed by atoms with Crippen molar-refractivity contribution in [1.29, 1.82) is 0 Å². The predicted molar refractivity (Wildman–Crippen MR) is 90.5 cm³/mol. The summed E-state index contributed by atoms with van der Waals surface area (Å²) in [5.41, 5.74) is 9.21. The molecule has 0 fully saturated rings. The van der Waals surface area contributed by atoms with Crippen molar-refractivity contribution in [1.82, 2.24) is 0 Å². The number of carbonyl (C=O) groups is 1. The first-order valence-electron chi connectivity index (χ1n) is 7.15. The van der Waals surface area contributed by atoms with E-state index in [1.807, 2.05) is 30.3 Å². The van der Waals surface area contributed by atoms with E-state index >= 15 is 0 Å². The quantitative estimate of drug-likeness (QED) is 0.620. The third-order valence-corrected chi connectivity index (χ3v) is 3.53. The third kappa shape index (κ3) is 4.40. The van der Waals surface area contributed by atoms with E-state index in [0.717, 1.165) is 11.3 Å². The van der Waals surface area contributed by atoms with Crippen molar-refractivity contribution < 1.29 is 9.53 Å². The van der Waals surface area contributed by atoms with Gasteiger partial charge in [0.15, 0.2) is 0 Å². The molecule has 0 aliphatic heterocycles. The molecule has 5 heteroatoms.